The van der Waals surface area contributed by atoms with Crippen LogP contribution in [0.2, 0.25) is 0 Å². The molecule has 1 N–H and O–H groups in total. The van der Waals surface area contributed by atoms with Gasteiger partial charge < -0.3 is 9.84 Å². The number of ether oxygens (including phenoxy) is 1. The fraction of sp³-hybridized carbons (Fsp3) is 0.133. The van der Waals surface area contributed by atoms with Crippen molar-refractivity contribution in [1.29, 1.82) is 0 Å². The van der Waals surface area contributed by atoms with Crippen LogP contribution in [0.15, 0.2) is 42.5 Å². The van der Waals surface area contributed by atoms with E-state index >= 15 is 0 Å². The summed E-state index contributed by atoms with van der Waals surface area (Å²) in [7, 11) is 0. The van der Waals surface area contributed by atoms with Crippen molar-refractivity contribution in [3.8, 4) is 22.6 Å². The summed E-state index contributed by atoms with van der Waals surface area (Å²) in [5.41, 5.74) is 3.22. The Morgan fingerprint density at radius 3 is 2.11 bits per heavy atom. The van der Waals surface area contributed by atoms with Crippen LogP contribution in [-0.4, -0.2) is 18.0 Å². The van der Waals surface area contributed by atoms with Crippen molar-refractivity contribution in [3.05, 3.63) is 48.0 Å². The molecular weight excluding hydrogens is 228 g/mol. The molecule has 1 aromatic rings. The molecule has 0 amide bonds. The second-order valence-corrected chi connectivity index (χ2v) is 3.82. The van der Waals surface area contributed by atoms with E-state index in [0.717, 1.165) is 0 Å². The summed E-state index contributed by atoms with van der Waals surface area (Å²) in [5, 5.41) is 9.27. The van der Waals surface area contributed by atoms with Crippen LogP contribution < -0.4 is 4.74 Å². The van der Waals surface area contributed by atoms with Crippen LogP contribution in [0.3, 0.4) is 0 Å². The Kier molecular flexibility index (Phi) is 3.63. The van der Waals surface area contributed by atoms with Gasteiger partial charge in [-0.15, -0.1) is 0 Å². The lowest BCUT2D eigenvalue weighted by Crippen LogP contribution is -1.95. The Balaban J connectivity index is 0.000000164. The normalized spacial score (nSPS) is 10.1. The first-order valence-corrected chi connectivity index (χ1v) is 5.76. The molecule has 3 heteroatoms. The molecule has 18 heavy (non-hydrogen) atoms. The Morgan fingerprint density at radius 2 is 1.72 bits per heavy atom. The van der Waals surface area contributed by atoms with Crippen molar-refractivity contribution >= 4 is 6.29 Å². The highest BCUT2D eigenvalue weighted by molar-refractivity contribution is 5.81. The maximum atomic E-state index is 10.5. The molecule has 0 bridgehead atoms. The molecule has 0 aromatic heterocycles. The third-order valence-corrected chi connectivity index (χ3v) is 2.66. The van der Waals surface area contributed by atoms with Crippen molar-refractivity contribution < 1.29 is 14.6 Å². The first-order valence-electron chi connectivity index (χ1n) is 5.76. The molecule has 0 atom stereocenters. The first kappa shape index (κ1) is 12.2. The Morgan fingerprint density at radius 1 is 1.11 bits per heavy atom. The van der Waals surface area contributed by atoms with Crippen LogP contribution in [0.25, 0.3) is 11.1 Å². The summed E-state index contributed by atoms with van der Waals surface area (Å²) in [6, 6.07) is 13.2. The molecule has 0 radical (unpaired) electrons. The minimum atomic E-state index is 0.00134. The average Bonchev–Trinajstić information content (AvgIpc) is 2.37. The number of phenolic OH excluding ortho intramolecular Hbond substituents is 1. The first-order chi connectivity index (χ1) is 8.76. The van der Waals surface area contributed by atoms with Gasteiger partial charge in [-0.3, -0.25) is 4.79 Å². The van der Waals surface area contributed by atoms with Crippen molar-refractivity contribution in [2.45, 2.75) is 6.92 Å². The maximum Gasteiger partial charge on any atom is 0.171 e. The van der Waals surface area contributed by atoms with E-state index in [1.54, 1.807) is 19.1 Å². The van der Waals surface area contributed by atoms with Gasteiger partial charge in [-0.1, -0.05) is 30.3 Å². The predicted molar refractivity (Wildman–Crippen MR) is 70.1 cm³/mol. The highest BCUT2D eigenvalue weighted by atomic mass is 16.5. The number of para-hydroxylation sites is 1. The van der Waals surface area contributed by atoms with Crippen LogP contribution in [0.4, 0.5) is 0 Å². The third kappa shape index (κ3) is 2.35. The van der Waals surface area contributed by atoms with E-state index in [4.69, 9.17) is 4.74 Å². The monoisotopic (exact) mass is 242 g/mol. The summed E-state index contributed by atoms with van der Waals surface area (Å²) in [6.07, 6.45) is 0.657. The number of hydrogen-bond acceptors (Lipinski definition) is 3. The molecule has 0 fully saturated rings. The number of aromatic hydroxyl groups is 1. The topological polar surface area (TPSA) is 46.5 Å². The molecule has 92 valence electrons. The second-order valence-electron chi connectivity index (χ2n) is 3.82. The largest absolute Gasteiger partial charge is 0.504 e. The number of aldehydes is 1. The van der Waals surface area contributed by atoms with Gasteiger partial charge in [0.2, 0.25) is 0 Å². The highest BCUT2D eigenvalue weighted by Gasteiger charge is 2.06. The smallest absolute Gasteiger partial charge is 0.171 e. The van der Waals surface area contributed by atoms with Crippen LogP contribution in [0.5, 0.6) is 11.5 Å². The van der Waals surface area contributed by atoms with Gasteiger partial charge in [0.25, 0.3) is 0 Å². The summed E-state index contributed by atoms with van der Waals surface area (Å²) in [6.45, 7) is 2.22. The van der Waals surface area contributed by atoms with Gasteiger partial charge in [-0.2, -0.15) is 0 Å². The van der Waals surface area contributed by atoms with Crippen molar-refractivity contribution in [1.82, 2.24) is 0 Å². The molecule has 3 nitrogen and oxygen atoms in total. The minimum Gasteiger partial charge on any atom is -0.504 e. The fourth-order valence-electron chi connectivity index (χ4n) is 1.60. The average molecular weight is 242 g/mol. The van der Waals surface area contributed by atoms with Gasteiger partial charge in [-0.25, -0.2) is 0 Å². The molecule has 2 aliphatic rings. The zero-order valence-electron chi connectivity index (χ0n) is 10.1. The number of fused-ring (bicyclic) bond motifs is 1. The molecule has 0 unspecified atom stereocenters. The summed E-state index contributed by atoms with van der Waals surface area (Å²) >= 11 is 0. The van der Waals surface area contributed by atoms with Crippen molar-refractivity contribution in [2.75, 3.05) is 6.61 Å². The van der Waals surface area contributed by atoms with E-state index in [0.29, 0.717) is 18.5 Å². The van der Waals surface area contributed by atoms with Gasteiger partial charge in [0.05, 0.1) is 12.2 Å². The second kappa shape index (κ2) is 5.36. The molecule has 0 heterocycles. The zero-order chi connectivity index (χ0) is 13.0. The Hall–Kier alpha value is -2.29. The highest BCUT2D eigenvalue weighted by Crippen LogP contribution is 2.29. The van der Waals surface area contributed by atoms with Crippen LogP contribution >= 0.6 is 0 Å². The Bertz CT molecular complexity index is 523. The van der Waals surface area contributed by atoms with Crippen LogP contribution in [-0.2, 0) is 0 Å². The number of phenols is 1. The van der Waals surface area contributed by atoms with E-state index in [1.807, 2.05) is 0 Å². The van der Waals surface area contributed by atoms with Gasteiger partial charge in [-0.05, 0) is 30.2 Å². The van der Waals surface area contributed by atoms with Crippen LogP contribution in [0.1, 0.15) is 17.3 Å². The van der Waals surface area contributed by atoms with Crippen molar-refractivity contribution in [2.24, 2.45) is 0 Å². The summed E-state index contributed by atoms with van der Waals surface area (Å²) in [5.74, 6) is 0.261. The predicted octanol–water partition coefficient (Wildman–Crippen LogP) is 3.27. The Labute approximate surface area is 106 Å². The summed E-state index contributed by atoms with van der Waals surface area (Å²) < 4.78 is 5.08. The molecule has 0 saturated heterocycles. The van der Waals surface area contributed by atoms with E-state index in [9.17, 15) is 9.90 Å². The van der Waals surface area contributed by atoms with Gasteiger partial charge in [0, 0.05) is 0 Å². The lowest BCUT2D eigenvalue weighted by atomic mass is 9.95. The number of benzene rings is 2. The van der Waals surface area contributed by atoms with Crippen LogP contribution in [0, 0.1) is 0 Å². The van der Waals surface area contributed by atoms with E-state index in [-0.39, 0.29) is 11.5 Å². The lowest BCUT2D eigenvalue weighted by molar-refractivity contribution is 0.111. The maximum absolute atomic E-state index is 10.5. The number of carbonyl (C=O) groups excluding carboxylic acids is 1. The fourth-order valence-corrected chi connectivity index (χ4v) is 1.60. The van der Waals surface area contributed by atoms with Gasteiger partial charge >= 0.3 is 0 Å². The van der Waals surface area contributed by atoms with E-state index < -0.39 is 0 Å². The molecular formula is C15H14O3. The minimum absolute atomic E-state index is 0.00134. The molecule has 2 aliphatic carbocycles. The molecule has 3 rings (SSSR count). The number of carbonyl (C=O) groups is 1. The molecule has 1 aromatic carbocycles. The zero-order valence-corrected chi connectivity index (χ0v) is 10.1. The SMILES string of the molecule is CCOc1c(O)cccc1C=O.c1cc2ccc1-2. The standard InChI is InChI=1S/C9H10O3.C6H4/c1-2-12-9-7(6-10)4-3-5-8(9)11;1-2-6-4-3-5(1)6/h3-6,11H,2H2,1H3;1-4H. The molecule has 0 saturated carbocycles. The number of rotatable bonds is 3. The van der Waals surface area contributed by atoms with Gasteiger partial charge in [0.15, 0.2) is 17.8 Å². The lowest BCUT2D eigenvalue weighted by Gasteiger charge is -2.10. The molecule has 0 aliphatic heterocycles. The van der Waals surface area contributed by atoms with E-state index in [1.165, 1.54) is 17.2 Å². The number of hydrogen-bond donors (Lipinski definition) is 1. The van der Waals surface area contributed by atoms with Crippen molar-refractivity contribution in [3.63, 3.8) is 0 Å². The quantitative estimate of drug-likeness (QED) is 0.717. The third-order valence-electron chi connectivity index (χ3n) is 2.66. The molecule has 0 spiro atoms. The summed E-state index contributed by atoms with van der Waals surface area (Å²) in [4.78, 5) is 10.5. The van der Waals surface area contributed by atoms with E-state index in [2.05, 4.69) is 24.3 Å². The van der Waals surface area contributed by atoms with Gasteiger partial charge in [0.1, 0.15) is 0 Å².